The maximum absolute atomic E-state index is 11.9. The van der Waals surface area contributed by atoms with E-state index in [1.54, 1.807) is 0 Å². The number of piperazine rings is 3. The smallest absolute Gasteiger partial charge is 0.257 e. The highest BCUT2D eigenvalue weighted by atomic mass is 16.5. The number of aryl methyl sites for hydroxylation is 1. The van der Waals surface area contributed by atoms with Crippen LogP contribution in [-0.2, 0) is 4.79 Å². The van der Waals surface area contributed by atoms with Crippen molar-refractivity contribution in [2.24, 2.45) is 0 Å². The van der Waals surface area contributed by atoms with Crippen molar-refractivity contribution in [2.45, 2.75) is 13.0 Å². The Morgan fingerprint density at radius 2 is 1.95 bits per heavy atom. The van der Waals surface area contributed by atoms with E-state index in [1.807, 2.05) is 31.2 Å². The van der Waals surface area contributed by atoms with Crippen LogP contribution in [-0.4, -0.2) is 67.6 Å². The molecule has 5 heteroatoms. The molecule has 4 rings (SSSR count). The normalized spacial score (nSPS) is 27.4. The Balaban J connectivity index is 1.39. The van der Waals surface area contributed by atoms with Crippen molar-refractivity contribution < 1.29 is 9.53 Å². The molecule has 0 aliphatic carbocycles. The van der Waals surface area contributed by atoms with Crippen LogP contribution in [0.3, 0.4) is 0 Å². The molecule has 0 spiro atoms. The molecule has 1 amide bonds. The number of hydrogen-bond donors (Lipinski definition) is 1. The van der Waals surface area contributed by atoms with Crippen LogP contribution in [0.1, 0.15) is 5.56 Å². The number of ether oxygens (including phenoxy) is 1. The molecule has 5 nitrogen and oxygen atoms in total. The molecule has 3 saturated heterocycles. The molecule has 1 N–H and O–H groups in total. The number of benzene rings is 1. The summed E-state index contributed by atoms with van der Waals surface area (Å²) in [6, 6.07) is 8.20. The van der Waals surface area contributed by atoms with Gasteiger partial charge in [0.05, 0.1) is 0 Å². The zero-order valence-electron chi connectivity index (χ0n) is 12.5. The molecule has 0 saturated carbocycles. The van der Waals surface area contributed by atoms with Gasteiger partial charge in [0.1, 0.15) is 5.75 Å². The van der Waals surface area contributed by atoms with Crippen molar-refractivity contribution in [3.05, 3.63) is 29.8 Å². The summed E-state index contributed by atoms with van der Waals surface area (Å²) < 4.78 is 5.49. The largest absolute Gasteiger partial charge is 0.484 e. The Labute approximate surface area is 125 Å². The maximum Gasteiger partial charge on any atom is 0.257 e. The second-order valence-electron chi connectivity index (χ2n) is 5.90. The van der Waals surface area contributed by atoms with E-state index in [-0.39, 0.29) is 12.5 Å². The average Bonchev–Trinajstić information content (AvgIpc) is 2.53. The molecule has 1 aromatic rings. The average molecular weight is 289 g/mol. The Hall–Kier alpha value is -1.59. The Bertz CT molecular complexity index is 481. The molecule has 3 heterocycles. The fourth-order valence-corrected chi connectivity index (χ4v) is 2.98. The number of carbonyl (C=O) groups excluding carboxylic acids is 1. The van der Waals surface area contributed by atoms with E-state index in [4.69, 9.17) is 4.74 Å². The number of hydrogen-bond acceptors (Lipinski definition) is 4. The van der Waals surface area contributed by atoms with Crippen molar-refractivity contribution in [3.8, 4) is 5.75 Å². The molecule has 114 valence electrons. The highest BCUT2D eigenvalue weighted by Gasteiger charge is 2.31. The molecule has 21 heavy (non-hydrogen) atoms. The van der Waals surface area contributed by atoms with Crippen molar-refractivity contribution >= 4 is 5.91 Å². The van der Waals surface area contributed by atoms with Crippen molar-refractivity contribution in [3.63, 3.8) is 0 Å². The van der Waals surface area contributed by atoms with Gasteiger partial charge in [0.2, 0.25) is 0 Å². The quantitative estimate of drug-likeness (QED) is 0.857. The summed E-state index contributed by atoms with van der Waals surface area (Å²) in [6.07, 6.45) is 0. The summed E-state index contributed by atoms with van der Waals surface area (Å²) in [6.45, 7) is 8.48. The van der Waals surface area contributed by atoms with Gasteiger partial charge in [-0.2, -0.15) is 0 Å². The Kier molecular flexibility index (Phi) is 4.41. The molecule has 2 bridgehead atoms. The lowest BCUT2D eigenvalue weighted by molar-refractivity contribution is -0.123. The third kappa shape index (κ3) is 3.74. The van der Waals surface area contributed by atoms with Crippen LogP contribution in [0.15, 0.2) is 24.3 Å². The van der Waals surface area contributed by atoms with Gasteiger partial charge in [-0.05, 0) is 19.1 Å². The first kappa shape index (κ1) is 14.4. The van der Waals surface area contributed by atoms with E-state index < -0.39 is 0 Å². The van der Waals surface area contributed by atoms with Gasteiger partial charge < -0.3 is 10.1 Å². The molecular weight excluding hydrogens is 266 g/mol. The summed E-state index contributed by atoms with van der Waals surface area (Å²) in [5, 5.41) is 2.99. The van der Waals surface area contributed by atoms with Crippen molar-refractivity contribution in [1.82, 2.24) is 15.1 Å². The monoisotopic (exact) mass is 289 g/mol. The first-order valence-electron chi connectivity index (χ1n) is 7.63. The zero-order chi connectivity index (χ0) is 14.7. The van der Waals surface area contributed by atoms with Gasteiger partial charge in [-0.3, -0.25) is 14.6 Å². The number of rotatable bonds is 5. The van der Waals surface area contributed by atoms with Crippen LogP contribution < -0.4 is 10.1 Å². The minimum absolute atomic E-state index is 0.0479. The van der Waals surface area contributed by atoms with Crippen LogP contribution in [0.25, 0.3) is 0 Å². The first-order valence-corrected chi connectivity index (χ1v) is 7.63. The number of amides is 1. The maximum atomic E-state index is 11.9. The molecule has 3 fully saturated rings. The van der Waals surface area contributed by atoms with E-state index in [0.717, 1.165) is 25.4 Å². The fraction of sp³-hybridized carbons (Fsp3) is 0.562. The van der Waals surface area contributed by atoms with Gasteiger partial charge in [-0.15, -0.1) is 0 Å². The van der Waals surface area contributed by atoms with Gasteiger partial charge >= 0.3 is 0 Å². The highest BCUT2D eigenvalue weighted by molar-refractivity contribution is 5.77. The van der Waals surface area contributed by atoms with Crippen LogP contribution in [0.4, 0.5) is 0 Å². The number of nitrogens with zero attached hydrogens (tertiary/aromatic N) is 2. The Morgan fingerprint density at radius 1 is 1.24 bits per heavy atom. The molecule has 0 aromatic heterocycles. The zero-order valence-corrected chi connectivity index (χ0v) is 12.5. The second-order valence-corrected chi connectivity index (χ2v) is 5.90. The third-order valence-electron chi connectivity index (χ3n) is 4.32. The van der Waals surface area contributed by atoms with Gasteiger partial charge in [0.25, 0.3) is 5.91 Å². The van der Waals surface area contributed by atoms with Crippen molar-refractivity contribution in [2.75, 3.05) is 45.9 Å². The summed E-state index contributed by atoms with van der Waals surface area (Å²) in [5.74, 6) is 0.690. The fourth-order valence-electron chi connectivity index (χ4n) is 2.98. The highest BCUT2D eigenvalue weighted by Crippen LogP contribution is 2.15. The molecule has 1 atom stereocenters. The van der Waals surface area contributed by atoms with E-state index in [1.165, 1.54) is 18.7 Å². The van der Waals surface area contributed by atoms with Crippen LogP contribution in [0.5, 0.6) is 5.75 Å². The molecular formula is C16H23N3O2. The molecule has 0 radical (unpaired) electrons. The second kappa shape index (κ2) is 6.45. The van der Waals surface area contributed by atoms with Gasteiger partial charge in [-0.25, -0.2) is 0 Å². The minimum Gasteiger partial charge on any atom is -0.484 e. The van der Waals surface area contributed by atoms with E-state index in [0.29, 0.717) is 12.6 Å². The molecule has 3 aliphatic rings. The van der Waals surface area contributed by atoms with Crippen LogP contribution in [0, 0.1) is 6.92 Å². The number of fused-ring (bicyclic) bond motifs is 3. The van der Waals surface area contributed by atoms with E-state index in [2.05, 4.69) is 15.1 Å². The first-order chi connectivity index (χ1) is 10.2. The lowest BCUT2D eigenvalue weighted by atomic mass is 10.1. The predicted octanol–water partition coefficient (Wildman–Crippen LogP) is 0.490. The van der Waals surface area contributed by atoms with E-state index >= 15 is 0 Å². The number of carbonyl (C=O) groups is 1. The van der Waals surface area contributed by atoms with Crippen molar-refractivity contribution in [1.29, 1.82) is 0 Å². The van der Waals surface area contributed by atoms with Gasteiger partial charge in [-0.1, -0.05) is 17.7 Å². The SMILES string of the molecule is Cc1ccc(OCC(=O)NCC2CN3CCN2CC3)cc1. The third-order valence-corrected chi connectivity index (χ3v) is 4.32. The summed E-state index contributed by atoms with van der Waals surface area (Å²) >= 11 is 0. The molecule has 3 aliphatic heterocycles. The van der Waals surface area contributed by atoms with Crippen LogP contribution >= 0.6 is 0 Å². The van der Waals surface area contributed by atoms with E-state index in [9.17, 15) is 4.79 Å². The van der Waals surface area contributed by atoms with Gasteiger partial charge in [0.15, 0.2) is 6.61 Å². The topological polar surface area (TPSA) is 44.8 Å². The predicted molar refractivity (Wildman–Crippen MR) is 81.5 cm³/mol. The van der Waals surface area contributed by atoms with Crippen LogP contribution in [0.2, 0.25) is 0 Å². The van der Waals surface area contributed by atoms with Gasteiger partial charge in [0, 0.05) is 45.3 Å². The molecule has 1 aromatic carbocycles. The summed E-state index contributed by atoms with van der Waals surface area (Å²) in [5.41, 5.74) is 1.18. The molecule has 1 unspecified atom stereocenters. The number of nitrogens with one attached hydrogen (secondary N) is 1. The lowest BCUT2D eigenvalue weighted by Gasteiger charge is -2.47. The standard InChI is InChI=1S/C16H23N3O2/c1-13-2-4-15(5-3-13)21-12-16(20)17-10-14-11-18-6-8-19(14)9-7-18/h2-5,14H,6-12H2,1H3,(H,17,20). The Morgan fingerprint density at radius 3 is 2.57 bits per heavy atom. The summed E-state index contributed by atoms with van der Waals surface area (Å²) in [4.78, 5) is 16.8. The minimum atomic E-state index is -0.0479. The summed E-state index contributed by atoms with van der Waals surface area (Å²) in [7, 11) is 0. The lowest BCUT2D eigenvalue weighted by Crippen LogP contribution is -2.63.